The van der Waals surface area contributed by atoms with Crippen LogP contribution in [0.5, 0.6) is 0 Å². The van der Waals surface area contributed by atoms with Gasteiger partial charge in [0.05, 0.1) is 17.4 Å². The molecule has 2 aromatic rings. The molecule has 1 aliphatic rings. The van der Waals surface area contributed by atoms with Gasteiger partial charge in [-0.05, 0) is 49.8 Å². The van der Waals surface area contributed by atoms with Gasteiger partial charge in [-0.2, -0.15) is 0 Å². The van der Waals surface area contributed by atoms with Gasteiger partial charge in [0.15, 0.2) is 0 Å². The van der Waals surface area contributed by atoms with E-state index in [1.54, 1.807) is 6.33 Å². The van der Waals surface area contributed by atoms with E-state index in [1.165, 1.54) is 25.7 Å². The molecule has 4 nitrogen and oxygen atoms in total. The van der Waals surface area contributed by atoms with Crippen molar-refractivity contribution in [2.45, 2.75) is 51.5 Å². The first kappa shape index (κ1) is 14.1. The molecular formula is C17H23N3O. The second-order valence-electron chi connectivity index (χ2n) is 6.11. The van der Waals surface area contributed by atoms with E-state index in [2.05, 4.69) is 22.2 Å². The van der Waals surface area contributed by atoms with Gasteiger partial charge in [0.2, 0.25) is 0 Å². The predicted molar refractivity (Wildman–Crippen MR) is 84.2 cm³/mol. The molecule has 0 saturated heterocycles. The maximum Gasteiger partial charge on any atom is 0.251 e. The SMILES string of the molecule is CCCC1CCC(NC(=O)c2ccc3nc[nH]c3c2)CC1. The molecule has 1 saturated carbocycles. The first-order valence-corrected chi connectivity index (χ1v) is 8.00. The van der Waals surface area contributed by atoms with Gasteiger partial charge >= 0.3 is 0 Å². The minimum Gasteiger partial charge on any atom is -0.349 e. The molecule has 4 heteroatoms. The number of rotatable bonds is 4. The van der Waals surface area contributed by atoms with E-state index in [9.17, 15) is 4.79 Å². The first-order chi connectivity index (χ1) is 10.3. The van der Waals surface area contributed by atoms with Crippen molar-refractivity contribution in [1.29, 1.82) is 0 Å². The average Bonchev–Trinajstić information content (AvgIpc) is 2.97. The van der Waals surface area contributed by atoms with Gasteiger partial charge in [-0.1, -0.05) is 19.8 Å². The molecule has 3 rings (SSSR count). The van der Waals surface area contributed by atoms with Crippen molar-refractivity contribution < 1.29 is 4.79 Å². The Morgan fingerprint density at radius 1 is 1.33 bits per heavy atom. The molecule has 2 N–H and O–H groups in total. The van der Waals surface area contributed by atoms with Gasteiger partial charge in [-0.15, -0.1) is 0 Å². The number of benzene rings is 1. The first-order valence-electron chi connectivity index (χ1n) is 8.00. The number of carbonyl (C=O) groups is 1. The number of nitrogens with zero attached hydrogens (tertiary/aromatic N) is 1. The Morgan fingerprint density at radius 2 is 2.14 bits per heavy atom. The smallest absolute Gasteiger partial charge is 0.251 e. The molecule has 1 amide bonds. The maximum absolute atomic E-state index is 12.3. The van der Waals surface area contributed by atoms with Crippen LogP contribution in [0.1, 0.15) is 55.8 Å². The van der Waals surface area contributed by atoms with Crippen LogP contribution in [0.15, 0.2) is 24.5 Å². The summed E-state index contributed by atoms with van der Waals surface area (Å²) in [6, 6.07) is 5.95. The fraction of sp³-hybridized carbons (Fsp3) is 0.529. The fourth-order valence-electron chi connectivity index (χ4n) is 3.35. The topological polar surface area (TPSA) is 57.8 Å². The Labute approximate surface area is 125 Å². The Balaban J connectivity index is 1.59. The molecule has 1 aliphatic carbocycles. The molecular weight excluding hydrogens is 262 g/mol. The van der Waals surface area contributed by atoms with Crippen molar-refractivity contribution >= 4 is 16.9 Å². The third-order valence-electron chi connectivity index (χ3n) is 4.56. The summed E-state index contributed by atoms with van der Waals surface area (Å²) >= 11 is 0. The normalized spacial score (nSPS) is 22.3. The zero-order valence-corrected chi connectivity index (χ0v) is 12.6. The van der Waals surface area contributed by atoms with Crippen LogP contribution in [0.4, 0.5) is 0 Å². The summed E-state index contributed by atoms with van der Waals surface area (Å²) < 4.78 is 0. The summed E-state index contributed by atoms with van der Waals surface area (Å²) in [6.45, 7) is 2.25. The largest absolute Gasteiger partial charge is 0.349 e. The van der Waals surface area contributed by atoms with E-state index in [0.29, 0.717) is 11.6 Å². The van der Waals surface area contributed by atoms with Gasteiger partial charge in [0, 0.05) is 11.6 Å². The summed E-state index contributed by atoms with van der Waals surface area (Å²) in [6.07, 6.45) is 8.98. The highest BCUT2D eigenvalue weighted by atomic mass is 16.1. The quantitative estimate of drug-likeness (QED) is 0.900. The zero-order chi connectivity index (χ0) is 14.7. The second-order valence-corrected chi connectivity index (χ2v) is 6.11. The number of fused-ring (bicyclic) bond motifs is 1. The van der Waals surface area contributed by atoms with Crippen LogP contribution in [-0.2, 0) is 0 Å². The highest BCUT2D eigenvalue weighted by Crippen LogP contribution is 2.27. The monoisotopic (exact) mass is 285 g/mol. The number of amides is 1. The van der Waals surface area contributed by atoms with Gasteiger partial charge in [-0.3, -0.25) is 4.79 Å². The summed E-state index contributed by atoms with van der Waals surface area (Å²) in [5, 5.41) is 3.18. The van der Waals surface area contributed by atoms with E-state index < -0.39 is 0 Å². The number of H-pyrrole nitrogens is 1. The van der Waals surface area contributed by atoms with Crippen molar-refractivity contribution in [3.05, 3.63) is 30.1 Å². The van der Waals surface area contributed by atoms with E-state index in [0.717, 1.165) is 29.8 Å². The highest BCUT2D eigenvalue weighted by molar-refractivity contribution is 5.97. The van der Waals surface area contributed by atoms with Gasteiger partial charge in [0.25, 0.3) is 5.91 Å². The molecule has 0 atom stereocenters. The molecule has 1 aromatic carbocycles. The lowest BCUT2D eigenvalue weighted by molar-refractivity contribution is 0.0921. The molecule has 0 bridgehead atoms. The Hall–Kier alpha value is -1.84. The molecule has 112 valence electrons. The molecule has 0 radical (unpaired) electrons. The summed E-state index contributed by atoms with van der Waals surface area (Å²) in [7, 11) is 0. The van der Waals surface area contributed by atoms with Crippen molar-refractivity contribution in [1.82, 2.24) is 15.3 Å². The van der Waals surface area contributed by atoms with Crippen molar-refractivity contribution in [3.63, 3.8) is 0 Å². The number of carbonyl (C=O) groups excluding carboxylic acids is 1. The number of nitrogens with one attached hydrogen (secondary N) is 2. The molecule has 1 heterocycles. The van der Waals surface area contributed by atoms with Crippen molar-refractivity contribution in [2.75, 3.05) is 0 Å². The molecule has 1 aromatic heterocycles. The molecule has 0 unspecified atom stereocenters. The van der Waals surface area contributed by atoms with Crippen LogP contribution in [0.2, 0.25) is 0 Å². The van der Waals surface area contributed by atoms with Crippen LogP contribution in [-0.4, -0.2) is 21.9 Å². The Kier molecular flexibility index (Phi) is 4.23. The van der Waals surface area contributed by atoms with Gasteiger partial charge in [0.1, 0.15) is 0 Å². The lowest BCUT2D eigenvalue weighted by Gasteiger charge is -2.29. The minimum atomic E-state index is 0.0328. The Morgan fingerprint density at radius 3 is 2.90 bits per heavy atom. The van der Waals surface area contributed by atoms with E-state index >= 15 is 0 Å². The molecule has 21 heavy (non-hydrogen) atoms. The fourth-order valence-corrected chi connectivity index (χ4v) is 3.35. The molecule has 0 spiro atoms. The third-order valence-corrected chi connectivity index (χ3v) is 4.56. The number of aromatic amines is 1. The highest BCUT2D eigenvalue weighted by Gasteiger charge is 2.22. The minimum absolute atomic E-state index is 0.0328. The second kappa shape index (κ2) is 6.29. The van der Waals surface area contributed by atoms with Crippen LogP contribution >= 0.6 is 0 Å². The number of hydrogen-bond acceptors (Lipinski definition) is 2. The van der Waals surface area contributed by atoms with Crippen molar-refractivity contribution in [3.8, 4) is 0 Å². The predicted octanol–water partition coefficient (Wildman–Crippen LogP) is 3.65. The lowest BCUT2D eigenvalue weighted by atomic mass is 9.83. The number of imidazole rings is 1. The molecule has 0 aliphatic heterocycles. The van der Waals surface area contributed by atoms with Gasteiger partial charge < -0.3 is 10.3 Å². The van der Waals surface area contributed by atoms with E-state index in [1.807, 2.05) is 18.2 Å². The number of hydrogen-bond donors (Lipinski definition) is 2. The summed E-state index contributed by atoms with van der Waals surface area (Å²) in [5.74, 6) is 0.898. The zero-order valence-electron chi connectivity index (χ0n) is 12.6. The Bertz CT molecular complexity index is 611. The molecule has 1 fully saturated rings. The average molecular weight is 285 g/mol. The van der Waals surface area contributed by atoms with E-state index in [4.69, 9.17) is 0 Å². The summed E-state index contributed by atoms with van der Waals surface area (Å²) in [5.41, 5.74) is 2.52. The van der Waals surface area contributed by atoms with Crippen LogP contribution in [0, 0.1) is 5.92 Å². The van der Waals surface area contributed by atoms with Crippen molar-refractivity contribution in [2.24, 2.45) is 5.92 Å². The lowest BCUT2D eigenvalue weighted by Crippen LogP contribution is -2.37. The maximum atomic E-state index is 12.3. The van der Waals surface area contributed by atoms with Crippen LogP contribution in [0.3, 0.4) is 0 Å². The summed E-state index contributed by atoms with van der Waals surface area (Å²) in [4.78, 5) is 19.6. The van der Waals surface area contributed by atoms with Crippen LogP contribution < -0.4 is 5.32 Å². The standard InChI is InChI=1S/C17H23N3O/c1-2-3-12-4-7-14(8-5-12)20-17(21)13-6-9-15-16(10-13)19-11-18-15/h6,9-12,14H,2-5,7-8H2,1H3,(H,18,19)(H,20,21). The van der Waals surface area contributed by atoms with Gasteiger partial charge in [-0.25, -0.2) is 4.98 Å². The van der Waals surface area contributed by atoms with E-state index in [-0.39, 0.29) is 5.91 Å². The number of aromatic nitrogens is 2. The van der Waals surface area contributed by atoms with Crippen LogP contribution in [0.25, 0.3) is 11.0 Å². The third kappa shape index (κ3) is 3.26.